The molecule has 0 aliphatic carbocycles. The van der Waals surface area contributed by atoms with Gasteiger partial charge in [-0.3, -0.25) is 4.79 Å². The third-order valence-corrected chi connectivity index (χ3v) is 3.96. The number of amides is 1. The molecule has 0 aliphatic rings. The molecule has 0 aliphatic heterocycles. The van der Waals surface area contributed by atoms with Gasteiger partial charge >= 0.3 is 0 Å². The van der Waals surface area contributed by atoms with Crippen molar-refractivity contribution < 1.29 is 4.79 Å². The lowest BCUT2D eigenvalue weighted by Crippen LogP contribution is -2.17. The van der Waals surface area contributed by atoms with Crippen LogP contribution in [0.4, 0.5) is 0 Å². The zero-order valence-corrected chi connectivity index (χ0v) is 12.6. The van der Waals surface area contributed by atoms with Crippen molar-refractivity contribution in [3.63, 3.8) is 0 Å². The minimum atomic E-state index is -0.215. The lowest BCUT2D eigenvalue weighted by Gasteiger charge is -2.03. The normalized spacial score (nSPS) is 10.7. The zero-order chi connectivity index (χ0) is 15.2. The van der Waals surface area contributed by atoms with E-state index in [4.69, 9.17) is 0 Å². The van der Waals surface area contributed by atoms with Gasteiger partial charge in [-0.1, -0.05) is 48.5 Å². The Morgan fingerprint density at radius 1 is 0.909 bits per heavy atom. The number of hydrogen-bond acceptors (Lipinski definition) is 3. The molecular formula is C18H14N2OS. The quantitative estimate of drug-likeness (QED) is 0.570. The molecule has 1 amide bonds. The van der Waals surface area contributed by atoms with Crippen LogP contribution in [-0.4, -0.2) is 12.1 Å². The molecule has 4 heteroatoms. The van der Waals surface area contributed by atoms with Gasteiger partial charge in [-0.05, 0) is 34.7 Å². The fraction of sp³-hybridized carbons (Fsp3) is 0. The molecule has 1 N–H and O–H groups in total. The maximum Gasteiger partial charge on any atom is 0.271 e. The van der Waals surface area contributed by atoms with Gasteiger partial charge in [0, 0.05) is 10.4 Å². The third kappa shape index (κ3) is 3.48. The highest BCUT2D eigenvalue weighted by Gasteiger charge is 2.04. The molecular weight excluding hydrogens is 292 g/mol. The summed E-state index contributed by atoms with van der Waals surface area (Å²) >= 11 is 1.57. The molecule has 0 saturated heterocycles. The van der Waals surface area contributed by atoms with E-state index in [9.17, 15) is 4.79 Å². The minimum absolute atomic E-state index is 0.215. The van der Waals surface area contributed by atoms with E-state index < -0.39 is 0 Å². The Kier molecular flexibility index (Phi) is 4.41. The molecule has 1 heterocycles. The van der Waals surface area contributed by atoms with Crippen LogP contribution in [0.5, 0.6) is 0 Å². The molecule has 0 saturated carbocycles. The molecule has 0 fully saturated rings. The van der Waals surface area contributed by atoms with E-state index in [1.807, 2.05) is 60.0 Å². The van der Waals surface area contributed by atoms with Crippen LogP contribution in [0.25, 0.3) is 11.1 Å². The molecule has 0 atom stereocenters. The Hall–Kier alpha value is -2.72. The van der Waals surface area contributed by atoms with Crippen LogP contribution < -0.4 is 5.43 Å². The summed E-state index contributed by atoms with van der Waals surface area (Å²) in [6.45, 7) is 0. The number of carbonyl (C=O) groups excluding carboxylic acids is 1. The van der Waals surface area contributed by atoms with Crippen molar-refractivity contribution in [1.29, 1.82) is 0 Å². The number of hydrogen-bond donors (Lipinski definition) is 1. The SMILES string of the molecule is O=C(N/N=C\c1cccs1)c1ccc(-c2ccccc2)cc1. The van der Waals surface area contributed by atoms with Crippen molar-refractivity contribution in [2.24, 2.45) is 5.10 Å². The molecule has 0 radical (unpaired) electrons. The summed E-state index contributed by atoms with van der Waals surface area (Å²) < 4.78 is 0. The van der Waals surface area contributed by atoms with Crippen molar-refractivity contribution >= 4 is 23.5 Å². The fourth-order valence-electron chi connectivity index (χ4n) is 2.03. The van der Waals surface area contributed by atoms with E-state index in [-0.39, 0.29) is 5.91 Å². The van der Waals surface area contributed by atoms with E-state index in [2.05, 4.69) is 10.5 Å². The predicted octanol–water partition coefficient (Wildman–Crippen LogP) is 4.18. The lowest BCUT2D eigenvalue weighted by atomic mass is 10.0. The number of nitrogens with one attached hydrogen (secondary N) is 1. The average molecular weight is 306 g/mol. The highest BCUT2D eigenvalue weighted by Crippen LogP contribution is 2.19. The second-order valence-corrected chi connectivity index (χ2v) is 5.64. The summed E-state index contributed by atoms with van der Waals surface area (Å²) in [7, 11) is 0. The monoisotopic (exact) mass is 306 g/mol. The number of benzene rings is 2. The largest absolute Gasteiger partial charge is 0.271 e. The summed E-state index contributed by atoms with van der Waals surface area (Å²) in [4.78, 5) is 13.0. The first kappa shape index (κ1) is 14.2. The molecule has 2 aromatic carbocycles. The molecule has 0 unspecified atom stereocenters. The molecule has 22 heavy (non-hydrogen) atoms. The Morgan fingerprint density at radius 2 is 1.64 bits per heavy atom. The Balaban J connectivity index is 1.66. The van der Waals surface area contributed by atoms with Crippen molar-refractivity contribution in [1.82, 2.24) is 5.43 Å². The predicted molar refractivity (Wildman–Crippen MR) is 91.3 cm³/mol. The number of hydrazone groups is 1. The van der Waals surface area contributed by atoms with Gasteiger partial charge in [0.25, 0.3) is 5.91 Å². The summed E-state index contributed by atoms with van der Waals surface area (Å²) in [5.74, 6) is -0.215. The third-order valence-electron chi connectivity index (χ3n) is 3.16. The van der Waals surface area contributed by atoms with Crippen molar-refractivity contribution in [3.8, 4) is 11.1 Å². The van der Waals surface area contributed by atoms with Gasteiger partial charge in [0.05, 0.1) is 6.21 Å². The van der Waals surface area contributed by atoms with Gasteiger partial charge in [0.2, 0.25) is 0 Å². The topological polar surface area (TPSA) is 41.5 Å². The molecule has 108 valence electrons. The first-order valence-electron chi connectivity index (χ1n) is 6.85. The van der Waals surface area contributed by atoms with Crippen LogP contribution in [0.15, 0.2) is 77.2 Å². The van der Waals surface area contributed by atoms with Crippen molar-refractivity contribution in [2.45, 2.75) is 0 Å². The summed E-state index contributed by atoms with van der Waals surface area (Å²) in [6, 6.07) is 21.4. The smallest absolute Gasteiger partial charge is 0.267 e. The van der Waals surface area contributed by atoms with Crippen LogP contribution in [0.2, 0.25) is 0 Å². The molecule has 1 aromatic heterocycles. The number of carbonyl (C=O) groups is 1. The van der Waals surface area contributed by atoms with E-state index >= 15 is 0 Å². The molecule has 0 bridgehead atoms. The highest BCUT2D eigenvalue weighted by atomic mass is 32.1. The lowest BCUT2D eigenvalue weighted by molar-refractivity contribution is 0.0955. The number of rotatable bonds is 4. The maximum absolute atomic E-state index is 12.0. The van der Waals surface area contributed by atoms with Crippen LogP contribution in [-0.2, 0) is 0 Å². The van der Waals surface area contributed by atoms with E-state index in [1.54, 1.807) is 29.7 Å². The first-order chi connectivity index (χ1) is 10.8. The van der Waals surface area contributed by atoms with Crippen molar-refractivity contribution in [3.05, 3.63) is 82.6 Å². The minimum Gasteiger partial charge on any atom is -0.267 e. The maximum atomic E-state index is 12.0. The first-order valence-corrected chi connectivity index (χ1v) is 7.73. The van der Waals surface area contributed by atoms with Gasteiger partial charge in [-0.25, -0.2) is 5.43 Å². The molecule has 3 rings (SSSR count). The Labute approximate surface area is 132 Å². The number of thiophene rings is 1. The average Bonchev–Trinajstić information content (AvgIpc) is 3.09. The van der Waals surface area contributed by atoms with Gasteiger partial charge < -0.3 is 0 Å². The van der Waals surface area contributed by atoms with E-state index in [0.717, 1.165) is 16.0 Å². The second-order valence-electron chi connectivity index (χ2n) is 4.66. The molecule has 3 nitrogen and oxygen atoms in total. The summed E-state index contributed by atoms with van der Waals surface area (Å²) in [6.07, 6.45) is 1.64. The molecule has 3 aromatic rings. The van der Waals surface area contributed by atoms with E-state index in [1.165, 1.54) is 0 Å². The Morgan fingerprint density at radius 3 is 2.32 bits per heavy atom. The number of nitrogens with zero attached hydrogens (tertiary/aromatic N) is 1. The van der Waals surface area contributed by atoms with Crippen LogP contribution >= 0.6 is 11.3 Å². The standard InChI is InChI=1S/C18H14N2OS/c21-18(20-19-13-17-7-4-12-22-17)16-10-8-15(9-11-16)14-5-2-1-3-6-14/h1-13H,(H,20,21)/b19-13-. The fourth-order valence-corrected chi connectivity index (χ4v) is 2.61. The van der Waals surface area contributed by atoms with E-state index in [0.29, 0.717) is 5.56 Å². The molecule has 0 spiro atoms. The van der Waals surface area contributed by atoms with Crippen LogP contribution in [0.1, 0.15) is 15.2 Å². The van der Waals surface area contributed by atoms with Gasteiger partial charge in [0.15, 0.2) is 0 Å². The van der Waals surface area contributed by atoms with Gasteiger partial charge in [-0.15, -0.1) is 11.3 Å². The van der Waals surface area contributed by atoms with Gasteiger partial charge in [-0.2, -0.15) is 5.10 Å². The van der Waals surface area contributed by atoms with Gasteiger partial charge in [0.1, 0.15) is 0 Å². The van der Waals surface area contributed by atoms with Crippen molar-refractivity contribution in [2.75, 3.05) is 0 Å². The second kappa shape index (κ2) is 6.83. The summed E-state index contributed by atoms with van der Waals surface area (Å²) in [5, 5.41) is 5.92. The highest BCUT2D eigenvalue weighted by molar-refractivity contribution is 7.11. The van der Waals surface area contributed by atoms with Crippen LogP contribution in [0, 0.1) is 0 Å². The van der Waals surface area contributed by atoms with Crippen LogP contribution in [0.3, 0.4) is 0 Å². The zero-order valence-electron chi connectivity index (χ0n) is 11.8. The Bertz CT molecular complexity index is 763. The summed E-state index contributed by atoms with van der Waals surface area (Å²) in [5.41, 5.74) is 5.33.